The van der Waals surface area contributed by atoms with Crippen LogP contribution in [0.5, 0.6) is 0 Å². The molecule has 1 aromatic carbocycles. The molecule has 28 heavy (non-hydrogen) atoms. The van der Waals surface area contributed by atoms with Gasteiger partial charge in [-0.1, -0.05) is 25.1 Å². The van der Waals surface area contributed by atoms with Gasteiger partial charge in [-0.25, -0.2) is 4.39 Å². The van der Waals surface area contributed by atoms with Gasteiger partial charge in [0.1, 0.15) is 5.82 Å². The van der Waals surface area contributed by atoms with Crippen LogP contribution in [0.15, 0.2) is 60.9 Å². The molecule has 0 radical (unpaired) electrons. The third-order valence-corrected chi connectivity index (χ3v) is 5.25. The van der Waals surface area contributed by atoms with Crippen molar-refractivity contribution in [1.82, 2.24) is 14.5 Å². The van der Waals surface area contributed by atoms with Crippen molar-refractivity contribution < 1.29 is 14.0 Å². The first-order valence-corrected chi connectivity index (χ1v) is 9.05. The average molecular weight is 377 g/mol. The van der Waals surface area contributed by atoms with E-state index in [1.165, 1.54) is 24.3 Å². The number of benzene rings is 1. The zero-order valence-corrected chi connectivity index (χ0v) is 15.7. The molecule has 0 aliphatic carbocycles. The number of pyridine rings is 1. The Hall–Kier alpha value is -3.28. The maximum atomic E-state index is 14.0. The normalized spacial score (nSPS) is 15.2. The third-order valence-electron chi connectivity index (χ3n) is 5.25. The van der Waals surface area contributed by atoms with Crippen molar-refractivity contribution >= 4 is 11.7 Å². The molecule has 0 bridgehead atoms. The molecule has 142 valence electrons. The molecule has 1 amide bonds. The van der Waals surface area contributed by atoms with Crippen LogP contribution in [0, 0.1) is 5.82 Å². The summed E-state index contributed by atoms with van der Waals surface area (Å²) in [6.45, 7) is 3.21. The largest absolute Gasteiger partial charge is 0.347 e. The van der Waals surface area contributed by atoms with E-state index in [1.54, 1.807) is 35.0 Å². The van der Waals surface area contributed by atoms with Gasteiger partial charge in [-0.15, -0.1) is 0 Å². The fourth-order valence-corrected chi connectivity index (χ4v) is 3.69. The quantitative estimate of drug-likeness (QED) is 0.656. The van der Waals surface area contributed by atoms with Crippen LogP contribution in [0.2, 0.25) is 0 Å². The Morgan fingerprint density at radius 3 is 2.50 bits per heavy atom. The minimum Gasteiger partial charge on any atom is -0.347 e. The third kappa shape index (κ3) is 3.01. The lowest BCUT2D eigenvalue weighted by atomic mass is 9.78. The molecule has 4 rings (SSSR count). The second-order valence-electron chi connectivity index (χ2n) is 7.47. The number of aryl methyl sites for hydroxylation is 1. The summed E-state index contributed by atoms with van der Waals surface area (Å²) in [4.78, 5) is 31.7. The average Bonchev–Trinajstić information content (AvgIpc) is 3.07. The van der Waals surface area contributed by atoms with Gasteiger partial charge >= 0.3 is 0 Å². The highest BCUT2D eigenvalue weighted by Gasteiger charge is 2.44. The molecule has 0 saturated carbocycles. The lowest BCUT2D eigenvalue weighted by Gasteiger charge is -2.47. The standard InChI is InChI=1S/C22H20FN3O2/c1-22(19-9-5-6-10-24-19)13-26(14-22)21(28)15-11-18(25(2)12-15)20(27)16-7-3-4-8-17(16)23/h3-12H,13-14H2,1-2H3. The number of carbonyl (C=O) groups is 2. The van der Waals surface area contributed by atoms with E-state index in [4.69, 9.17) is 0 Å². The van der Waals surface area contributed by atoms with Gasteiger partial charge in [-0.2, -0.15) is 0 Å². The lowest BCUT2D eigenvalue weighted by molar-refractivity contribution is 0.0424. The molecule has 0 N–H and O–H groups in total. The second kappa shape index (κ2) is 6.71. The predicted molar refractivity (Wildman–Crippen MR) is 103 cm³/mol. The predicted octanol–water partition coefficient (Wildman–Crippen LogP) is 3.20. The Labute approximate surface area is 162 Å². The van der Waals surface area contributed by atoms with Gasteiger partial charge < -0.3 is 9.47 Å². The fraction of sp³-hybridized carbons (Fsp3) is 0.227. The Morgan fingerprint density at radius 1 is 1.11 bits per heavy atom. The van der Waals surface area contributed by atoms with Crippen LogP contribution in [0.25, 0.3) is 0 Å². The van der Waals surface area contributed by atoms with Crippen molar-refractivity contribution in [3.63, 3.8) is 0 Å². The van der Waals surface area contributed by atoms with Crippen LogP contribution in [0.1, 0.15) is 39.0 Å². The number of hydrogen-bond donors (Lipinski definition) is 0. The van der Waals surface area contributed by atoms with E-state index >= 15 is 0 Å². The van der Waals surface area contributed by atoms with E-state index in [0.29, 0.717) is 18.7 Å². The zero-order chi connectivity index (χ0) is 19.9. The van der Waals surface area contributed by atoms with Crippen molar-refractivity contribution in [3.8, 4) is 0 Å². The van der Waals surface area contributed by atoms with E-state index in [1.807, 2.05) is 18.2 Å². The number of hydrogen-bond acceptors (Lipinski definition) is 3. The molecule has 0 atom stereocenters. The van der Waals surface area contributed by atoms with Gasteiger partial charge in [0.05, 0.1) is 16.8 Å². The monoisotopic (exact) mass is 377 g/mol. The van der Waals surface area contributed by atoms with E-state index in [2.05, 4.69) is 11.9 Å². The highest BCUT2D eigenvalue weighted by Crippen LogP contribution is 2.34. The Morgan fingerprint density at radius 2 is 1.82 bits per heavy atom. The molecule has 1 aliphatic rings. The molecule has 6 heteroatoms. The van der Waals surface area contributed by atoms with Gasteiger partial charge in [-0.05, 0) is 30.3 Å². The molecule has 1 aliphatic heterocycles. The van der Waals surface area contributed by atoms with Gasteiger partial charge in [0.15, 0.2) is 0 Å². The van der Waals surface area contributed by atoms with Crippen molar-refractivity contribution in [3.05, 3.63) is 89.3 Å². The number of halogens is 1. The molecule has 1 saturated heterocycles. The van der Waals surface area contributed by atoms with Crippen LogP contribution in [-0.4, -0.2) is 39.2 Å². The molecule has 0 unspecified atom stereocenters. The summed E-state index contributed by atoms with van der Waals surface area (Å²) in [5.41, 5.74) is 1.49. The first-order valence-electron chi connectivity index (χ1n) is 9.05. The molecular formula is C22H20FN3O2. The van der Waals surface area contributed by atoms with Gasteiger partial charge in [0.25, 0.3) is 5.91 Å². The molecule has 2 aromatic heterocycles. The summed E-state index contributed by atoms with van der Waals surface area (Å²) in [5.74, 6) is -1.16. The van der Waals surface area contributed by atoms with Gasteiger partial charge in [0, 0.05) is 43.6 Å². The molecule has 3 aromatic rings. The Bertz CT molecular complexity index is 1050. The smallest absolute Gasteiger partial charge is 0.255 e. The zero-order valence-electron chi connectivity index (χ0n) is 15.7. The highest BCUT2D eigenvalue weighted by atomic mass is 19.1. The van der Waals surface area contributed by atoms with Crippen LogP contribution >= 0.6 is 0 Å². The summed E-state index contributed by atoms with van der Waals surface area (Å²) in [7, 11) is 1.68. The van der Waals surface area contributed by atoms with Crippen LogP contribution in [0.4, 0.5) is 4.39 Å². The van der Waals surface area contributed by atoms with Crippen LogP contribution in [0.3, 0.4) is 0 Å². The van der Waals surface area contributed by atoms with Crippen LogP contribution < -0.4 is 0 Å². The summed E-state index contributed by atoms with van der Waals surface area (Å²) in [6.07, 6.45) is 3.37. The first kappa shape index (κ1) is 18.1. The van der Waals surface area contributed by atoms with Crippen molar-refractivity contribution in [2.75, 3.05) is 13.1 Å². The van der Waals surface area contributed by atoms with Crippen LogP contribution in [-0.2, 0) is 12.5 Å². The SMILES string of the molecule is Cn1cc(C(=O)N2CC(C)(c3ccccn3)C2)cc1C(=O)c1ccccc1F. The number of amides is 1. The summed E-state index contributed by atoms with van der Waals surface area (Å²) < 4.78 is 15.5. The van der Waals surface area contributed by atoms with E-state index < -0.39 is 11.6 Å². The van der Waals surface area contributed by atoms with E-state index in [-0.39, 0.29) is 22.6 Å². The Balaban J connectivity index is 1.52. The van der Waals surface area contributed by atoms with E-state index in [9.17, 15) is 14.0 Å². The molecule has 0 spiro atoms. The van der Waals surface area contributed by atoms with E-state index in [0.717, 1.165) is 5.69 Å². The summed E-state index contributed by atoms with van der Waals surface area (Å²) >= 11 is 0. The maximum Gasteiger partial charge on any atom is 0.255 e. The number of rotatable bonds is 4. The minimum atomic E-state index is -0.574. The van der Waals surface area contributed by atoms with Gasteiger partial charge in [0.2, 0.25) is 5.78 Å². The maximum absolute atomic E-state index is 14.0. The number of carbonyl (C=O) groups excluding carboxylic acids is 2. The van der Waals surface area contributed by atoms with Crippen molar-refractivity contribution in [2.45, 2.75) is 12.3 Å². The Kier molecular flexibility index (Phi) is 4.34. The summed E-state index contributed by atoms with van der Waals surface area (Å²) in [5, 5.41) is 0. The highest BCUT2D eigenvalue weighted by molar-refractivity contribution is 6.09. The topological polar surface area (TPSA) is 55.2 Å². The molecule has 3 heterocycles. The number of aromatic nitrogens is 2. The fourth-order valence-electron chi connectivity index (χ4n) is 3.69. The molecule has 1 fully saturated rings. The number of ketones is 1. The van der Waals surface area contributed by atoms with Crippen molar-refractivity contribution in [2.24, 2.45) is 7.05 Å². The second-order valence-corrected chi connectivity index (χ2v) is 7.47. The number of likely N-dealkylation sites (tertiary alicyclic amines) is 1. The first-order chi connectivity index (χ1) is 13.4. The number of nitrogens with zero attached hydrogens (tertiary/aromatic N) is 3. The lowest BCUT2D eigenvalue weighted by Crippen LogP contribution is -2.59. The van der Waals surface area contributed by atoms with Gasteiger partial charge in [-0.3, -0.25) is 14.6 Å². The minimum absolute atomic E-state index is 0.00521. The molecular weight excluding hydrogens is 357 g/mol. The van der Waals surface area contributed by atoms with Crippen molar-refractivity contribution in [1.29, 1.82) is 0 Å². The summed E-state index contributed by atoms with van der Waals surface area (Å²) in [6, 6.07) is 13.2. The molecule has 5 nitrogen and oxygen atoms in total.